The van der Waals surface area contributed by atoms with Crippen LogP contribution in [-0.2, 0) is 22.4 Å². The van der Waals surface area contributed by atoms with Crippen molar-refractivity contribution < 1.29 is 24.2 Å². The summed E-state index contributed by atoms with van der Waals surface area (Å²) in [4.78, 5) is 48.7. The molecule has 0 aromatic heterocycles. The first-order chi connectivity index (χ1) is 22.8. The Kier molecular flexibility index (Phi) is 10.5. The number of likely N-dealkylation sites (tertiary alicyclic amines) is 1. The van der Waals surface area contributed by atoms with E-state index in [-0.39, 0.29) is 30.2 Å². The number of carbonyl (C=O) groups is 3. The second kappa shape index (κ2) is 15.0. The number of urea groups is 1. The van der Waals surface area contributed by atoms with Gasteiger partial charge in [0.15, 0.2) is 6.10 Å². The number of piperidine rings is 1. The average molecular weight is 646 g/mol. The number of rotatable bonds is 6. The molecular formula is C37H51N5O5. The lowest BCUT2D eigenvalue weighted by atomic mass is 10.00. The quantitative estimate of drug-likeness (QED) is 0.404. The molecule has 1 atom stereocenters. The number of ether oxygens (including phenoxy) is 1. The van der Waals surface area contributed by atoms with E-state index in [9.17, 15) is 19.5 Å². The summed E-state index contributed by atoms with van der Waals surface area (Å²) in [5.41, 5.74) is 4.31. The molecular weight excluding hydrogens is 594 g/mol. The Morgan fingerprint density at radius 3 is 2.19 bits per heavy atom. The molecule has 0 unspecified atom stereocenters. The third kappa shape index (κ3) is 7.86. The molecule has 10 heteroatoms. The zero-order valence-electron chi connectivity index (χ0n) is 28.1. The average Bonchev–Trinajstić information content (AvgIpc) is 3.46. The summed E-state index contributed by atoms with van der Waals surface area (Å²) in [6.07, 6.45) is 8.56. The molecule has 254 valence electrons. The van der Waals surface area contributed by atoms with Gasteiger partial charge in [-0.25, -0.2) is 9.59 Å². The number of piperazine rings is 1. The highest BCUT2D eigenvalue weighted by atomic mass is 16.6. The van der Waals surface area contributed by atoms with Crippen LogP contribution >= 0.6 is 0 Å². The lowest BCUT2D eigenvalue weighted by Crippen LogP contribution is -2.55. The maximum absolute atomic E-state index is 14.0. The molecule has 2 N–H and O–H groups in total. The highest BCUT2D eigenvalue weighted by Crippen LogP contribution is 2.28. The van der Waals surface area contributed by atoms with E-state index in [2.05, 4.69) is 10.2 Å². The molecule has 2 aromatic carbocycles. The number of hydrogen-bond acceptors (Lipinski definition) is 6. The third-order valence-corrected chi connectivity index (χ3v) is 10.8. The highest BCUT2D eigenvalue weighted by molar-refractivity contribution is 5.91. The van der Waals surface area contributed by atoms with E-state index in [4.69, 9.17) is 4.74 Å². The van der Waals surface area contributed by atoms with Crippen LogP contribution in [0.25, 0.3) is 0 Å². The van der Waals surface area contributed by atoms with E-state index in [1.807, 2.05) is 60.0 Å². The number of hydrogen-bond donors (Lipinski definition) is 2. The van der Waals surface area contributed by atoms with Gasteiger partial charge in [-0.15, -0.1) is 0 Å². The largest absolute Gasteiger partial charge is 0.507 e. The van der Waals surface area contributed by atoms with Crippen molar-refractivity contribution in [2.24, 2.45) is 0 Å². The van der Waals surface area contributed by atoms with E-state index in [1.54, 1.807) is 4.90 Å². The molecule has 6 rings (SSSR count). The molecule has 4 aliphatic rings. The molecule has 1 saturated carbocycles. The number of aryl methyl sites for hydroxylation is 2. The molecule has 10 nitrogen and oxygen atoms in total. The molecule has 0 spiro atoms. The zero-order valence-corrected chi connectivity index (χ0v) is 28.1. The van der Waals surface area contributed by atoms with Gasteiger partial charge >= 0.3 is 12.1 Å². The smallest absolute Gasteiger partial charge is 0.410 e. The Bertz CT molecular complexity index is 1400. The van der Waals surface area contributed by atoms with Crippen LogP contribution in [0.3, 0.4) is 0 Å². The van der Waals surface area contributed by atoms with Gasteiger partial charge in [-0.05, 0) is 74.3 Å². The Hall–Kier alpha value is -3.79. The molecule has 3 heterocycles. The maximum atomic E-state index is 14.0. The lowest BCUT2D eigenvalue weighted by Gasteiger charge is -2.40. The summed E-state index contributed by atoms with van der Waals surface area (Å²) in [5, 5.41) is 13.4. The van der Waals surface area contributed by atoms with E-state index >= 15 is 0 Å². The van der Waals surface area contributed by atoms with E-state index in [1.165, 1.54) is 38.5 Å². The van der Waals surface area contributed by atoms with Crippen LogP contribution in [0.1, 0.15) is 73.6 Å². The van der Waals surface area contributed by atoms with Crippen LogP contribution in [0.5, 0.6) is 5.75 Å². The zero-order chi connectivity index (χ0) is 32.9. The number of carbonyl (C=O) groups excluding carboxylic acids is 3. The summed E-state index contributed by atoms with van der Waals surface area (Å²) in [5.74, 6) is 0.0889. The number of phenols is 1. The van der Waals surface area contributed by atoms with Crippen molar-refractivity contribution in [2.75, 3.05) is 51.1 Å². The monoisotopic (exact) mass is 645 g/mol. The Labute approximate surface area is 279 Å². The number of benzene rings is 2. The third-order valence-electron chi connectivity index (χ3n) is 10.8. The van der Waals surface area contributed by atoms with Gasteiger partial charge < -0.3 is 29.9 Å². The van der Waals surface area contributed by atoms with Crippen molar-refractivity contribution in [3.63, 3.8) is 0 Å². The molecule has 4 amide bonds. The first kappa shape index (κ1) is 33.1. The van der Waals surface area contributed by atoms with Crippen LogP contribution in [-0.4, -0.2) is 107 Å². The van der Waals surface area contributed by atoms with Gasteiger partial charge in [0.2, 0.25) is 0 Å². The molecule has 2 saturated heterocycles. The second-order valence-corrected chi connectivity index (χ2v) is 13.9. The minimum absolute atomic E-state index is 0.0264. The number of aromatic hydroxyl groups is 1. The van der Waals surface area contributed by atoms with Crippen molar-refractivity contribution in [3.8, 4) is 5.75 Å². The van der Waals surface area contributed by atoms with Crippen LogP contribution in [0.4, 0.5) is 15.3 Å². The van der Waals surface area contributed by atoms with Crippen LogP contribution in [0.2, 0.25) is 0 Å². The first-order valence-electron chi connectivity index (χ1n) is 17.7. The predicted molar refractivity (Wildman–Crippen MR) is 182 cm³/mol. The van der Waals surface area contributed by atoms with Gasteiger partial charge in [0.25, 0.3) is 5.91 Å². The van der Waals surface area contributed by atoms with Crippen molar-refractivity contribution >= 4 is 23.7 Å². The van der Waals surface area contributed by atoms with Crippen LogP contribution in [0.15, 0.2) is 36.4 Å². The van der Waals surface area contributed by atoms with Gasteiger partial charge in [-0.3, -0.25) is 9.69 Å². The predicted octanol–water partition coefficient (Wildman–Crippen LogP) is 5.48. The number of nitrogens with zero attached hydrogens (tertiary/aromatic N) is 4. The summed E-state index contributed by atoms with van der Waals surface area (Å²) >= 11 is 0. The van der Waals surface area contributed by atoms with Gasteiger partial charge in [0.1, 0.15) is 5.75 Å². The fourth-order valence-electron chi connectivity index (χ4n) is 7.99. The number of amides is 4. The number of anilines is 1. The second-order valence-electron chi connectivity index (χ2n) is 13.9. The first-order valence-corrected chi connectivity index (χ1v) is 17.7. The van der Waals surface area contributed by atoms with Crippen LogP contribution < -0.4 is 5.32 Å². The van der Waals surface area contributed by atoms with Gasteiger partial charge in [-0.1, -0.05) is 56.0 Å². The fourth-order valence-corrected chi connectivity index (χ4v) is 7.99. The lowest BCUT2D eigenvalue weighted by molar-refractivity contribution is -0.143. The number of phenolic OH excluding ortho intramolecular Hbond substituents is 1. The Morgan fingerprint density at radius 2 is 1.51 bits per heavy atom. The van der Waals surface area contributed by atoms with Crippen molar-refractivity contribution in [1.82, 2.24) is 19.6 Å². The van der Waals surface area contributed by atoms with E-state index in [0.29, 0.717) is 51.6 Å². The molecule has 0 bridgehead atoms. The van der Waals surface area contributed by atoms with Crippen molar-refractivity contribution in [3.05, 3.63) is 58.7 Å². The summed E-state index contributed by atoms with van der Waals surface area (Å²) in [6.45, 7) is 8.18. The molecule has 47 heavy (non-hydrogen) atoms. The molecule has 2 aromatic rings. The topological polar surface area (TPSA) is 106 Å². The molecule has 1 aliphatic carbocycles. The summed E-state index contributed by atoms with van der Waals surface area (Å²) in [7, 11) is 0. The maximum Gasteiger partial charge on any atom is 0.410 e. The SMILES string of the molecule is Cc1cc(C[C@@H](OC(=O)N2CCC(N3CCc4ccccc4NC3=O)CC2)C(=O)N2CCN(C3CCCCCC3)CC2)cc(C)c1O. The standard InChI is InChI=1S/C37H51N5O5/c1-26-23-28(24-27(2)34(26)43)25-33(35(44)40-21-19-39(20-22-40)30-10-5-3-4-6-11-30)47-37(46)41-16-14-31(15-17-41)42-18-13-29-9-7-8-12-32(29)38-36(42)45/h7-9,12,23-24,30-31,33,43H,3-6,10-11,13-22,25H2,1-2H3,(H,38,45)/t33-/m1/s1. The van der Waals surface area contributed by atoms with Gasteiger partial charge in [-0.2, -0.15) is 0 Å². The minimum atomic E-state index is -0.956. The summed E-state index contributed by atoms with van der Waals surface area (Å²) < 4.78 is 6.07. The van der Waals surface area contributed by atoms with Crippen molar-refractivity contribution in [2.45, 2.75) is 96.2 Å². The number of fused-ring (bicyclic) bond motifs is 1. The molecule has 0 radical (unpaired) electrons. The van der Waals surface area contributed by atoms with Gasteiger partial charge in [0, 0.05) is 70.0 Å². The molecule has 3 aliphatic heterocycles. The van der Waals surface area contributed by atoms with Gasteiger partial charge in [0.05, 0.1) is 0 Å². The molecule has 3 fully saturated rings. The van der Waals surface area contributed by atoms with E-state index in [0.717, 1.165) is 47.5 Å². The number of para-hydroxylation sites is 1. The van der Waals surface area contributed by atoms with Crippen LogP contribution in [0, 0.1) is 13.8 Å². The highest BCUT2D eigenvalue weighted by Gasteiger charge is 2.36. The fraction of sp³-hybridized carbons (Fsp3) is 0.595. The Balaban J connectivity index is 1.08. The number of nitrogens with one attached hydrogen (secondary N) is 1. The van der Waals surface area contributed by atoms with E-state index < -0.39 is 12.2 Å². The Morgan fingerprint density at radius 1 is 0.851 bits per heavy atom. The normalized spacial score (nSPS) is 21.0. The summed E-state index contributed by atoms with van der Waals surface area (Å²) in [6, 6.07) is 12.2. The van der Waals surface area contributed by atoms with Crippen molar-refractivity contribution in [1.29, 1.82) is 0 Å². The minimum Gasteiger partial charge on any atom is -0.507 e.